The van der Waals surface area contributed by atoms with Crippen LogP contribution in [0.2, 0.25) is 10.0 Å². The summed E-state index contributed by atoms with van der Waals surface area (Å²) in [7, 11) is 0. The number of nitrogen functional groups attached to an aromatic ring is 1. The van der Waals surface area contributed by atoms with Crippen LogP contribution in [-0.2, 0) is 0 Å². The van der Waals surface area contributed by atoms with E-state index < -0.39 is 0 Å². The summed E-state index contributed by atoms with van der Waals surface area (Å²) in [6, 6.07) is 7.20. The highest BCUT2D eigenvalue weighted by atomic mass is 35.5. The number of nitrogens with zero attached hydrogens (tertiary/aromatic N) is 2. The van der Waals surface area contributed by atoms with E-state index in [1.54, 1.807) is 12.1 Å². The van der Waals surface area contributed by atoms with Crippen LogP contribution in [0.1, 0.15) is 20.8 Å². The number of hydrogen-bond acceptors (Lipinski definition) is 4. The molecule has 0 aliphatic rings. The van der Waals surface area contributed by atoms with Crippen molar-refractivity contribution in [2.24, 2.45) is 0 Å². The molecule has 3 N–H and O–H groups in total. The Hall–Kier alpha value is -1.52. The standard InChI is InChI=1S/C14H16Cl2N4/c1-14(2,3)20-11-7-10(18-13(17)19-11)8-5-4-6-9(15)12(8)16/h4-7H,1-3H3,(H3,17,18,19,20). The first-order chi connectivity index (χ1) is 9.26. The van der Waals surface area contributed by atoms with Crippen molar-refractivity contribution < 1.29 is 0 Å². The summed E-state index contributed by atoms with van der Waals surface area (Å²) in [6.07, 6.45) is 0. The molecule has 0 unspecified atom stereocenters. The Balaban J connectivity index is 2.50. The van der Waals surface area contributed by atoms with Crippen molar-refractivity contribution in [2.75, 3.05) is 11.1 Å². The van der Waals surface area contributed by atoms with Crippen LogP contribution in [0.3, 0.4) is 0 Å². The predicted molar refractivity (Wildman–Crippen MR) is 85.3 cm³/mol. The maximum atomic E-state index is 6.21. The number of nitrogens with two attached hydrogens (primary N) is 1. The molecule has 1 aromatic heterocycles. The smallest absolute Gasteiger partial charge is 0.222 e. The van der Waals surface area contributed by atoms with Crippen molar-refractivity contribution in [1.29, 1.82) is 0 Å². The molecule has 2 rings (SSSR count). The number of benzene rings is 1. The zero-order valence-corrected chi connectivity index (χ0v) is 13.0. The zero-order valence-electron chi connectivity index (χ0n) is 11.5. The Morgan fingerprint density at radius 1 is 1.15 bits per heavy atom. The normalized spacial score (nSPS) is 11.4. The molecule has 1 heterocycles. The second-order valence-corrected chi connectivity index (χ2v) is 6.26. The van der Waals surface area contributed by atoms with Crippen LogP contribution in [0, 0.1) is 0 Å². The molecule has 0 saturated carbocycles. The average Bonchev–Trinajstić information content (AvgIpc) is 2.29. The molecule has 0 aliphatic carbocycles. The van der Waals surface area contributed by atoms with Gasteiger partial charge >= 0.3 is 0 Å². The molecule has 6 heteroatoms. The van der Waals surface area contributed by atoms with Crippen LogP contribution in [-0.4, -0.2) is 15.5 Å². The Morgan fingerprint density at radius 2 is 1.85 bits per heavy atom. The summed E-state index contributed by atoms with van der Waals surface area (Å²) in [6.45, 7) is 6.12. The number of aromatic nitrogens is 2. The number of rotatable bonds is 2. The lowest BCUT2D eigenvalue weighted by Crippen LogP contribution is -2.27. The summed E-state index contributed by atoms with van der Waals surface area (Å²) < 4.78 is 0. The average molecular weight is 311 g/mol. The summed E-state index contributed by atoms with van der Waals surface area (Å²) in [4.78, 5) is 8.40. The zero-order chi connectivity index (χ0) is 14.9. The largest absolute Gasteiger partial charge is 0.368 e. The van der Waals surface area contributed by atoms with E-state index in [1.807, 2.05) is 32.9 Å². The molecule has 0 atom stereocenters. The van der Waals surface area contributed by atoms with Gasteiger partial charge in [-0.15, -0.1) is 0 Å². The van der Waals surface area contributed by atoms with E-state index in [0.717, 1.165) is 5.56 Å². The van der Waals surface area contributed by atoms with Gasteiger partial charge in [0.25, 0.3) is 0 Å². The van der Waals surface area contributed by atoms with Crippen molar-refractivity contribution in [3.05, 3.63) is 34.3 Å². The highest BCUT2D eigenvalue weighted by molar-refractivity contribution is 6.43. The first kappa shape index (κ1) is 14.9. The lowest BCUT2D eigenvalue weighted by Gasteiger charge is -2.21. The van der Waals surface area contributed by atoms with Crippen LogP contribution >= 0.6 is 23.2 Å². The van der Waals surface area contributed by atoms with E-state index in [0.29, 0.717) is 21.6 Å². The first-order valence-electron chi connectivity index (χ1n) is 6.13. The van der Waals surface area contributed by atoms with Gasteiger partial charge in [-0.3, -0.25) is 0 Å². The van der Waals surface area contributed by atoms with Crippen molar-refractivity contribution in [1.82, 2.24) is 9.97 Å². The fraction of sp³-hybridized carbons (Fsp3) is 0.286. The van der Waals surface area contributed by atoms with Crippen molar-refractivity contribution in [3.8, 4) is 11.3 Å². The molecule has 106 valence electrons. The molecule has 0 fully saturated rings. The van der Waals surface area contributed by atoms with Gasteiger partial charge in [0, 0.05) is 17.2 Å². The maximum absolute atomic E-state index is 6.21. The Morgan fingerprint density at radius 3 is 2.50 bits per heavy atom. The monoisotopic (exact) mass is 310 g/mol. The molecule has 0 bridgehead atoms. The summed E-state index contributed by atoms with van der Waals surface area (Å²) >= 11 is 12.2. The van der Waals surface area contributed by atoms with Crippen LogP contribution in [0.5, 0.6) is 0 Å². The molecule has 20 heavy (non-hydrogen) atoms. The number of hydrogen-bond donors (Lipinski definition) is 2. The minimum Gasteiger partial charge on any atom is -0.368 e. The fourth-order valence-corrected chi connectivity index (χ4v) is 2.15. The highest BCUT2D eigenvalue weighted by Gasteiger charge is 2.14. The highest BCUT2D eigenvalue weighted by Crippen LogP contribution is 2.33. The van der Waals surface area contributed by atoms with Gasteiger partial charge < -0.3 is 11.1 Å². The van der Waals surface area contributed by atoms with Crippen molar-refractivity contribution in [3.63, 3.8) is 0 Å². The van der Waals surface area contributed by atoms with Gasteiger partial charge in [-0.2, -0.15) is 4.98 Å². The maximum Gasteiger partial charge on any atom is 0.222 e. The molecular formula is C14H16Cl2N4. The van der Waals surface area contributed by atoms with E-state index in [2.05, 4.69) is 15.3 Å². The van der Waals surface area contributed by atoms with Gasteiger partial charge in [-0.25, -0.2) is 4.98 Å². The van der Waals surface area contributed by atoms with E-state index in [-0.39, 0.29) is 11.5 Å². The topological polar surface area (TPSA) is 63.8 Å². The van der Waals surface area contributed by atoms with E-state index in [9.17, 15) is 0 Å². The summed E-state index contributed by atoms with van der Waals surface area (Å²) in [5.41, 5.74) is 7.00. The minimum atomic E-state index is -0.129. The van der Waals surface area contributed by atoms with Crippen LogP contribution < -0.4 is 11.1 Å². The predicted octanol–water partition coefficient (Wildman–Crippen LogP) is 4.24. The molecular weight excluding hydrogens is 295 g/mol. The van der Waals surface area contributed by atoms with Crippen molar-refractivity contribution >= 4 is 35.0 Å². The third-order valence-electron chi connectivity index (χ3n) is 2.47. The SMILES string of the molecule is CC(C)(C)Nc1cc(-c2cccc(Cl)c2Cl)nc(N)n1. The summed E-state index contributed by atoms with van der Waals surface area (Å²) in [5, 5.41) is 4.19. The number of halogens is 2. The molecule has 0 radical (unpaired) electrons. The van der Waals surface area contributed by atoms with Gasteiger partial charge in [0.2, 0.25) is 5.95 Å². The van der Waals surface area contributed by atoms with E-state index >= 15 is 0 Å². The van der Waals surface area contributed by atoms with Gasteiger partial charge in [-0.05, 0) is 26.8 Å². The third kappa shape index (κ3) is 3.52. The van der Waals surface area contributed by atoms with Gasteiger partial charge in [0.05, 0.1) is 15.7 Å². The van der Waals surface area contributed by atoms with E-state index in [4.69, 9.17) is 28.9 Å². The second kappa shape index (κ2) is 5.46. The van der Waals surface area contributed by atoms with Crippen LogP contribution in [0.25, 0.3) is 11.3 Å². The number of anilines is 2. The lowest BCUT2D eigenvalue weighted by molar-refractivity contribution is 0.630. The molecule has 4 nitrogen and oxygen atoms in total. The van der Waals surface area contributed by atoms with Crippen molar-refractivity contribution in [2.45, 2.75) is 26.3 Å². The van der Waals surface area contributed by atoms with E-state index in [1.165, 1.54) is 0 Å². The Kier molecular flexibility index (Phi) is 4.06. The van der Waals surface area contributed by atoms with Gasteiger partial charge in [-0.1, -0.05) is 35.3 Å². The van der Waals surface area contributed by atoms with Crippen LogP contribution in [0.4, 0.5) is 11.8 Å². The van der Waals surface area contributed by atoms with Crippen LogP contribution in [0.15, 0.2) is 24.3 Å². The first-order valence-corrected chi connectivity index (χ1v) is 6.89. The molecule has 0 amide bonds. The molecule has 2 aromatic rings. The number of nitrogens with one attached hydrogen (secondary N) is 1. The lowest BCUT2D eigenvalue weighted by atomic mass is 10.1. The molecule has 0 spiro atoms. The van der Waals surface area contributed by atoms with Gasteiger partial charge in [0.1, 0.15) is 5.82 Å². The summed E-state index contributed by atoms with van der Waals surface area (Å²) in [5.74, 6) is 0.835. The molecule has 1 aromatic carbocycles. The molecule has 0 aliphatic heterocycles. The van der Waals surface area contributed by atoms with Gasteiger partial charge in [0.15, 0.2) is 0 Å². The second-order valence-electron chi connectivity index (χ2n) is 5.47. The Labute approximate surface area is 128 Å². The Bertz CT molecular complexity index is 636. The quantitative estimate of drug-likeness (QED) is 0.870. The fourth-order valence-electron chi connectivity index (χ4n) is 1.75. The minimum absolute atomic E-state index is 0.129. The molecule has 0 saturated heterocycles. The third-order valence-corrected chi connectivity index (χ3v) is 3.29.